The number of rotatable bonds is 7. The summed E-state index contributed by atoms with van der Waals surface area (Å²) in [5.74, 6) is 1.72. The molecule has 0 heterocycles. The Morgan fingerprint density at radius 1 is 1.32 bits per heavy atom. The maximum Gasteiger partial charge on any atom is 0.261 e. The van der Waals surface area contributed by atoms with Gasteiger partial charge in [0.2, 0.25) is 0 Å². The van der Waals surface area contributed by atoms with E-state index in [-0.39, 0.29) is 5.91 Å². The van der Waals surface area contributed by atoms with E-state index in [9.17, 15) is 4.79 Å². The van der Waals surface area contributed by atoms with Crippen molar-refractivity contribution in [1.82, 2.24) is 5.32 Å². The molecule has 0 aromatic heterocycles. The van der Waals surface area contributed by atoms with E-state index in [2.05, 4.69) is 19.2 Å². The maximum absolute atomic E-state index is 12.0. The molecule has 0 aliphatic rings. The molecular weight excluding hydrogens is 242 g/mol. The molecule has 1 aromatic rings. The van der Waals surface area contributed by atoms with Gasteiger partial charge in [-0.2, -0.15) is 0 Å². The second-order valence-corrected chi connectivity index (χ2v) is 4.83. The van der Waals surface area contributed by atoms with Gasteiger partial charge in [0.05, 0.1) is 7.11 Å². The number of hydrogen-bond donors (Lipinski definition) is 1. The van der Waals surface area contributed by atoms with E-state index in [0.29, 0.717) is 24.6 Å². The van der Waals surface area contributed by atoms with Gasteiger partial charge in [-0.3, -0.25) is 4.79 Å². The third-order valence-electron chi connectivity index (χ3n) is 2.67. The highest BCUT2D eigenvalue weighted by atomic mass is 16.5. The van der Waals surface area contributed by atoms with Crippen molar-refractivity contribution in [2.75, 3.05) is 13.7 Å². The Morgan fingerprint density at radius 2 is 2.00 bits per heavy atom. The number of benzene rings is 1. The van der Waals surface area contributed by atoms with Crippen LogP contribution in [0.2, 0.25) is 0 Å². The molecule has 0 bridgehead atoms. The van der Waals surface area contributed by atoms with Crippen LogP contribution in [0.5, 0.6) is 11.5 Å². The standard InChI is InChI=1S/C15H23NO3/c1-5-14(15(17)16-10-11(2)3)19-13-8-6-7-12(9-13)18-4/h6-9,11,14H,5,10H2,1-4H3,(H,16,17). The molecule has 19 heavy (non-hydrogen) atoms. The summed E-state index contributed by atoms with van der Waals surface area (Å²) in [5, 5.41) is 2.89. The molecule has 1 atom stereocenters. The molecule has 1 amide bonds. The van der Waals surface area contributed by atoms with E-state index in [1.54, 1.807) is 13.2 Å². The van der Waals surface area contributed by atoms with Crippen LogP contribution in [-0.4, -0.2) is 25.7 Å². The molecule has 1 aromatic carbocycles. The van der Waals surface area contributed by atoms with Gasteiger partial charge in [-0.15, -0.1) is 0 Å². The fourth-order valence-electron chi connectivity index (χ4n) is 1.58. The Kier molecular flexibility index (Phi) is 6.19. The summed E-state index contributed by atoms with van der Waals surface area (Å²) in [4.78, 5) is 12.0. The number of carbonyl (C=O) groups excluding carboxylic acids is 1. The minimum absolute atomic E-state index is 0.0704. The number of carbonyl (C=O) groups is 1. The highest BCUT2D eigenvalue weighted by Crippen LogP contribution is 2.20. The summed E-state index contributed by atoms with van der Waals surface area (Å²) < 4.78 is 10.8. The highest BCUT2D eigenvalue weighted by molar-refractivity contribution is 5.81. The van der Waals surface area contributed by atoms with Crippen LogP contribution in [0.3, 0.4) is 0 Å². The Morgan fingerprint density at radius 3 is 2.58 bits per heavy atom. The molecule has 1 unspecified atom stereocenters. The average Bonchev–Trinajstić information content (AvgIpc) is 2.42. The van der Waals surface area contributed by atoms with Gasteiger partial charge in [0.1, 0.15) is 11.5 Å². The first kappa shape index (κ1) is 15.3. The smallest absolute Gasteiger partial charge is 0.261 e. The minimum Gasteiger partial charge on any atom is -0.497 e. The van der Waals surface area contributed by atoms with E-state index in [1.807, 2.05) is 25.1 Å². The zero-order valence-corrected chi connectivity index (χ0v) is 12.1. The number of methoxy groups -OCH3 is 1. The first-order chi connectivity index (χ1) is 9.06. The van der Waals surface area contributed by atoms with E-state index in [4.69, 9.17) is 9.47 Å². The van der Waals surface area contributed by atoms with Gasteiger partial charge in [0.15, 0.2) is 6.10 Å². The predicted octanol–water partition coefficient (Wildman–Crippen LogP) is 2.62. The molecule has 0 fully saturated rings. The van der Waals surface area contributed by atoms with E-state index in [1.165, 1.54) is 0 Å². The SMILES string of the molecule is CCC(Oc1cccc(OC)c1)C(=O)NCC(C)C. The normalized spacial score (nSPS) is 12.1. The van der Waals surface area contributed by atoms with E-state index in [0.717, 1.165) is 5.75 Å². The second kappa shape index (κ2) is 7.67. The predicted molar refractivity (Wildman–Crippen MR) is 75.5 cm³/mol. The van der Waals surface area contributed by atoms with Crippen molar-refractivity contribution >= 4 is 5.91 Å². The molecule has 0 spiro atoms. The van der Waals surface area contributed by atoms with Crippen molar-refractivity contribution in [1.29, 1.82) is 0 Å². The molecule has 4 nitrogen and oxygen atoms in total. The van der Waals surface area contributed by atoms with Crippen molar-refractivity contribution in [2.45, 2.75) is 33.3 Å². The first-order valence-corrected chi connectivity index (χ1v) is 6.65. The van der Waals surface area contributed by atoms with Crippen LogP contribution >= 0.6 is 0 Å². The molecule has 1 rings (SSSR count). The average molecular weight is 265 g/mol. The lowest BCUT2D eigenvalue weighted by atomic mass is 10.2. The topological polar surface area (TPSA) is 47.6 Å². The van der Waals surface area contributed by atoms with Gasteiger partial charge >= 0.3 is 0 Å². The van der Waals surface area contributed by atoms with Crippen LogP contribution in [0.15, 0.2) is 24.3 Å². The largest absolute Gasteiger partial charge is 0.497 e. The van der Waals surface area contributed by atoms with Crippen LogP contribution < -0.4 is 14.8 Å². The molecule has 106 valence electrons. The van der Waals surface area contributed by atoms with Gasteiger partial charge in [-0.05, 0) is 24.5 Å². The summed E-state index contributed by atoms with van der Waals surface area (Å²) in [6.45, 7) is 6.71. The number of nitrogens with one attached hydrogen (secondary N) is 1. The van der Waals surface area contributed by atoms with Crippen LogP contribution in [0.1, 0.15) is 27.2 Å². The summed E-state index contributed by atoms with van der Waals surface area (Å²) in [7, 11) is 1.60. The van der Waals surface area contributed by atoms with Gasteiger partial charge in [-0.25, -0.2) is 0 Å². The monoisotopic (exact) mass is 265 g/mol. The Hall–Kier alpha value is -1.71. The summed E-state index contributed by atoms with van der Waals surface area (Å²) in [6, 6.07) is 7.28. The van der Waals surface area contributed by atoms with Gasteiger partial charge in [-0.1, -0.05) is 26.8 Å². The van der Waals surface area contributed by atoms with Crippen molar-refractivity contribution < 1.29 is 14.3 Å². The maximum atomic E-state index is 12.0. The summed E-state index contributed by atoms with van der Waals surface area (Å²) in [6.07, 6.45) is 0.159. The van der Waals surface area contributed by atoms with Crippen LogP contribution in [0.25, 0.3) is 0 Å². The van der Waals surface area contributed by atoms with Crippen molar-refractivity contribution in [3.8, 4) is 11.5 Å². The number of amides is 1. The molecule has 0 aliphatic heterocycles. The third kappa shape index (κ3) is 5.20. The zero-order chi connectivity index (χ0) is 14.3. The van der Waals surface area contributed by atoms with Crippen LogP contribution in [0.4, 0.5) is 0 Å². The van der Waals surface area contributed by atoms with Gasteiger partial charge in [0.25, 0.3) is 5.91 Å². The van der Waals surface area contributed by atoms with E-state index >= 15 is 0 Å². The summed E-state index contributed by atoms with van der Waals surface area (Å²) in [5.41, 5.74) is 0. The lowest BCUT2D eigenvalue weighted by Gasteiger charge is -2.18. The van der Waals surface area contributed by atoms with Crippen LogP contribution in [-0.2, 0) is 4.79 Å². The summed E-state index contributed by atoms with van der Waals surface area (Å²) >= 11 is 0. The number of ether oxygens (including phenoxy) is 2. The molecule has 0 aliphatic carbocycles. The van der Waals surface area contributed by atoms with Gasteiger partial charge < -0.3 is 14.8 Å². The van der Waals surface area contributed by atoms with E-state index < -0.39 is 6.10 Å². The molecule has 4 heteroatoms. The fraction of sp³-hybridized carbons (Fsp3) is 0.533. The lowest BCUT2D eigenvalue weighted by Crippen LogP contribution is -2.39. The molecule has 0 saturated carbocycles. The Balaban J connectivity index is 2.62. The van der Waals surface area contributed by atoms with Crippen molar-refractivity contribution in [3.63, 3.8) is 0 Å². The third-order valence-corrected chi connectivity index (χ3v) is 2.67. The number of hydrogen-bond acceptors (Lipinski definition) is 3. The van der Waals surface area contributed by atoms with Crippen LogP contribution in [0, 0.1) is 5.92 Å². The van der Waals surface area contributed by atoms with Crippen molar-refractivity contribution in [3.05, 3.63) is 24.3 Å². The molecular formula is C15H23NO3. The van der Waals surface area contributed by atoms with Gasteiger partial charge in [0, 0.05) is 12.6 Å². The van der Waals surface area contributed by atoms with Crippen molar-refractivity contribution in [2.24, 2.45) is 5.92 Å². The molecule has 0 saturated heterocycles. The second-order valence-electron chi connectivity index (χ2n) is 4.83. The first-order valence-electron chi connectivity index (χ1n) is 6.65. The highest BCUT2D eigenvalue weighted by Gasteiger charge is 2.18. The minimum atomic E-state index is -0.467. The lowest BCUT2D eigenvalue weighted by molar-refractivity contribution is -0.128. The quantitative estimate of drug-likeness (QED) is 0.824. The Labute approximate surface area is 115 Å². The molecule has 0 radical (unpaired) electrons. The Bertz CT molecular complexity index is 404. The fourth-order valence-corrected chi connectivity index (χ4v) is 1.58. The zero-order valence-electron chi connectivity index (χ0n) is 12.1. The molecule has 1 N–H and O–H groups in total.